The summed E-state index contributed by atoms with van der Waals surface area (Å²) in [6, 6.07) is 6.07. The van der Waals surface area contributed by atoms with Gasteiger partial charge in [-0.25, -0.2) is 0 Å². The fraction of sp³-hybridized carbons (Fsp3) is 0.625. The Bertz CT molecular complexity index is 603. The molecule has 0 spiro atoms. The van der Waals surface area contributed by atoms with E-state index in [0.717, 1.165) is 36.5 Å². The van der Waals surface area contributed by atoms with E-state index in [4.69, 9.17) is 0 Å². The molecule has 0 aliphatic carbocycles. The van der Waals surface area contributed by atoms with E-state index in [9.17, 15) is 0 Å². The second-order valence-electron chi connectivity index (χ2n) is 6.34. The lowest BCUT2D eigenvalue weighted by Gasteiger charge is -2.37. The maximum atomic E-state index is 4.39. The number of nitrogens with zero attached hydrogens (tertiary/aromatic N) is 4. The molecule has 0 bridgehead atoms. The largest absolute Gasteiger partial charge is 0.341 e. The van der Waals surface area contributed by atoms with Crippen LogP contribution in [0.3, 0.4) is 0 Å². The topological polar surface area (TPSA) is 45.5 Å². The fourth-order valence-corrected chi connectivity index (χ4v) is 3.93. The predicted molar refractivity (Wildman–Crippen MR) is 98.0 cm³/mol. The number of hydrogen-bond donors (Lipinski definition) is 1. The van der Waals surface area contributed by atoms with Crippen LogP contribution in [0.15, 0.2) is 24.4 Å². The van der Waals surface area contributed by atoms with Gasteiger partial charge in [0.25, 0.3) is 0 Å². The number of hydrogen-bond acceptors (Lipinski definition) is 4. The summed E-state index contributed by atoms with van der Waals surface area (Å²) >= 11 is 0. The van der Waals surface area contributed by atoms with Crippen molar-refractivity contribution in [2.75, 3.05) is 31.1 Å². The van der Waals surface area contributed by atoms with Crippen LogP contribution < -0.4 is 10.2 Å². The van der Waals surface area contributed by atoms with Crippen molar-refractivity contribution in [1.82, 2.24) is 19.9 Å². The Balaban J connectivity index is 0.000000960. The molecule has 2 fully saturated rings. The van der Waals surface area contributed by atoms with Crippen LogP contribution in [-0.4, -0.2) is 40.8 Å². The van der Waals surface area contributed by atoms with Crippen molar-refractivity contribution < 1.29 is 0 Å². The van der Waals surface area contributed by atoms with Crippen molar-refractivity contribution in [3.05, 3.63) is 24.4 Å². The van der Waals surface area contributed by atoms with E-state index in [1.807, 2.05) is 18.2 Å². The molecular weight excluding hydrogens is 333 g/mol. The summed E-state index contributed by atoms with van der Waals surface area (Å²) in [5.41, 5.74) is 0.938. The molecule has 7 heteroatoms. The van der Waals surface area contributed by atoms with Crippen molar-refractivity contribution in [1.29, 1.82) is 0 Å². The van der Waals surface area contributed by atoms with Crippen LogP contribution >= 0.6 is 24.8 Å². The molecule has 0 unspecified atom stereocenters. The molecule has 0 saturated carbocycles. The van der Waals surface area contributed by atoms with E-state index in [-0.39, 0.29) is 24.8 Å². The highest BCUT2D eigenvalue weighted by atomic mass is 35.5. The van der Waals surface area contributed by atoms with Crippen LogP contribution in [0.25, 0.3) is 5.65 Å². The predicted octanol–water partition coefficient (Wildman–Crippen LogP) is 2.79. The van der Waals surface area contributed by atoms with E-state index in [2.05, 4.69) is 31.0 Å². The molecule has 0 atom stereocenters. The van der Waals surface area contributed by atoms with Crippen LogP contribution in [0.4, 0.5) is 5.95 Å². The average molecular weight is 358 g/mol. The summed E-state index contributed by atoms with van der Waals surface area (Å²) in [5.74, 6) is 2.85. The maximum Gasteiger partial charge on any atom is 0.231 e. The highest BCUT2D eigenvalue weighted by Gasteiger charge is 2.28. The van der Waals surface area contributed by atoms with Gasteiger partial charge in [-0.2, -0.15) is 0 Å². The van der Waals surface area contributed by atoms with E-state index < -0.39 is 0 Å². The summed E-state index contributed by atoms with van der Waals surface area (Å²) in [5, 5.41) is 12.1. The molecule has 23 heavy (non-hydrogen) atoms. The summed E-state index contributed by atoms with van der Waals surface area (Å²) in [6.45, 7) is 4.65. The van der Waals surface area contributed by atoms with Gasteiger partial charge in [0.1, 0.15) is 0 Å². The maximum absolute atomic E-state index is 4.39. The Morgan fingerprint density at radius 3 is 2.35 bits per heavy atom. The molecule has 0 aromatic carbocycles. The SMILES string of the molecule is Cl.Cl.c1ccn2c(N3CCC(C4CCNCC4)CC3)nnc2c1. The molecule has 4 rings (SSSR count). The lowest BCUT2D eigenvalue weighted by Crippen LogP contribution is -2.40. The van der Waals surface area contributed by atoms with Gasteiger partial charge in [0.05, 0.1) is 0 Å². The van der Waals surface area contributed by atoms with Gasteiger partial charge in [0.15, 0.2) is 5.65 Å². The highest BCUT2D eigenvalue weighted by Crippen LogP contribution is 2.32. The quantitative estimate of drug-likeness (QED) is 0.897. The fourth-order valence-electron chi connectivity index (χ4n) is 3.93. The van der Waals surface area contributed by atoms with Crippen LogP contribution in [-0.2, 0) is 0 Å². The van der Waals surface area contributed by atoms with Gasteiger partial charge >= 0.3 is 0 Å². The zero-order valence-electron chi connectivity index (χ0n) is 13.2. The third-order valence-electron chi connectivity index (χ3n) is 5.17. The van der Waals surface area contributed by atoms with E-state index >= 15 is 0 Å². The van der Waals surface area contributed by atoms with Gasteiger partial charge in [-0.05, 0) is 62.7 Å². The molecule has 0 radical (unpaired) electrons. The molecular formula is C16H25Cl2N5. The van der Waals surface area contributed by atoms with Gasteiger partial charge in [-0.1, -0.05) is 6.07 Å². The van der Waals surface area contributed by atoms with Crippen molar-refractivity contribution >= 4 is 36.4 Å². The van der Waals surface area contributed by atoms with E-state index in [0.29, 0.717) is 0 Å². The molecule has 1 N–H and O–H groups in total. The molecule has 2 aliphatic rings. The lowest BCUT2D eigenvalue weighted by atomic mass is 9.79. The van der Waals surface area contributed by atoms with Crippen LogP contribution in [0.2, 0.25) is 0 Å². The molecule has 128 valence electrons. The molecule has 5 nitrogen and oxygen atoms in total. The Kier molecular flexibility index (Phi) is 6.50. The van der Waals surface area contributed by atoms with E-state index in [1.54, 1.807) is 0 Å². The molecule has 2 saturated heterocycles. The normalized spacial score (nSPS) is 20.1. The van der Waals surface area contributed by atoms with Crippen molar-refractivity contribution in [3.8, 4) is 0 Å². The second-order valence-corrected chi connectivity index (χ2v) is 6.34. The lowest BCUT2D eigenvalue weighted by molar-refractivity contribution is 0.221. The average Bonchev–Trinajstić information content (AvgIpc) is 3.00. The van der Waals surface area contributed by atoms with Gasteiger partial charge in [-0.15, -0.1) is 35.0 Å². The van der Waals surface area contributed by atoms with Crippen LogP contribution in [0, 0.1) is 11.8 Å². The van der Waals surface area contributed by atoms with Crippen LogP contribution in [0.5, 0.6) is 0 Å². The zero-order valence-corrected chi connectivity index (χ0v) is 14.9. The first-order valence-corrected chi connectivity index (χ1v) is 8.17. The summed E-state index contributed by atoms with van der Waals surface area (Å²) in [7, 11) is 0. The molecule has 4 heterocycles. The number of aromatic nitrogens is 3. The monoisotopic (exact) mass is 357 g/mol. The highest BCUT2D eigenvalue weighted by molar-refractivity contribution is 5.85. The number of nitrogens with one attached hydrogen (secondary N) is 1. The summed E-state index contributed by atoms with van der Waals surface area (Å²) < 4.78 is 2.10. The Labute approximate surface area is 149 Å². The number of pyridine rings is 1. The van der Waals surface area contributed by atoms with Crippen molar-refractivity contribution in [2.24, 2.45) is 11.8 Å². The summed E-state index contributed by atoms with van der Waals surface area (Å²) in [6.07, 6.45) is 7.37. The summed E-state index contributed by atoms with van der Waals surface area (Å²) in [4.78, 5) is 2.40. The van der Waals surface area contributed by atoms with Gasteiger partial charge in [-0.3, -0.25) is 4.40 Å². The zero-order chi connectivity index (χ0) is 14.1. The number of piperidine rings is 2. The second kappa shape index (κ2) is 8.18. The molecule has 0 amide bonds. The number of halogens is 2. The number of anilines is 1. The van der Waals surface area contributed by atoms with Crippen molar-refractivity contribution in [2.45, 2.75) is 25.7 Å². The van der Waals surface area contributed by atoms with Gasteiger partial charge in [0.2, 0.25) is 5.95 Å². The Morgan fingerprint density at radius 2 is 1.61 bits per heavy atom. The smallest absolute Gasteiger partial charge is 0.231 e. The minimum atomic E-state index is 0. The Morgan fingerprint density at radius 1 is 0.913 bits per heavy atom. The van der Waals surface area contributed by atoms with Gasteiger partial charge in [0, 0.05) is 19.3 Å². The minimum absolute atomic E-state index is 0. The molecule has 2 aromatic rings. The van der Waals surface area contributed by atoms with Crippen molar-refractivity contribution in [3.63, 3.8) is 0 Å². The first-order valence-electron chi connectivity index (χ1n) is 8.17. The number of fused-ring (bicyclic) bond motifs is 1. The first kappa shape index (κ1) is 18.3. The number of rotatable bonds is 2. The molecule has 2 aliphatic heterocycles. The van der Waals surface area contributed by atoms with Crippen LogP contribution in [0.1, 0.15) is 25.7 Å². The van der Waals surface area contributed by atoms with E-state index in [1.165, 1.54) is 38.8 Å². The minimum Gasteiger partial charge on any atom is -0.341 e. The van der Waals surface area contributed by atoms with Gasteiger partial charge < -0.3 is 10.2 Å². The Hall–Kier alpha value is -1.04. The third kappa shape index (κ3) is 3.73. The standard InChI is InChI=1S/C16H23N5.2ClH/c1-2-10-21-15(3-1)18-19-16(21)20-11-6-14(7-12-20)13-4-8-17-9-5-13;;/h1-3,10,13-14,17H,4-9,11-12H2;2*1H. The first-order chi connectivity index (χ1) is 10.4. The molecule has 2 aromatic heterocycles. The third-order valence-corrected chi connectivity index (χ3v) is 5.17.